The van der Waals surface area contributed by atoms with Crippen molar-refractivity contribution in [2.75, 3.05) is 13.9 Å². The van der Waals surface area contributed by atoms with Gasteiger partial charge in [-0.25, -0.2) is 4.79 Å². The van der Waals surface area contributed by atoms with E-state index >= 15 is 0 Å². The maximum atomic E-state index is 11.7. The first-order valence-electron chi connectivity index (χ1n) is 9.72. The van der Waals surface area contributed by atoms with Crippen LogP contribution in [0.3, 0.4) is 0 Å². The summed E-state index contributed by atoms with van der Waals surface area (Å²) < 4.78 is 19.7. The molecule has 0 amide bonds. The fourth-order valence-corrected chi connectivity index (χ4v) is 3.34. The van der Waals surface area contributed by atoms with Crippen molar-refractivity contribution in [2.24, 2.45) is 0 Å². The molecule has 31 heavy (non-hydrogen) atoms. The van der Waals surface area contributed by atoms with Crippen LogP contribution in [0.15, 0.2) is 78.9 Å². The molecular weight excluding hydrogens is 396 g/mol. The van der Waals surface area contributed by atoms with Crippen LogP contribution in [-0.2, 0) is 19.7 Å². The van der Waals surface area contributed by atoms with Crippen molar-refractivity contribution < 1.29 is 28.5 Å². The van der Waals surface area contributed by atoms with E-state index in [1.165, 1.54) is 6.92 Å². The van der Waals surface area contributed by atoms with E-state index in [0.29, 0.717) is 5.75 Å². The van der Waals surface area contributed by atoms with E-state index in [0.717, 1.165) is 22.4 Å². The summed E-state index contributed by atoms with van der Waals surface area (Å²) in [5.74, 6) is 0.563. The van der Waals surface area contributed by atoms with Crippen LogP contribution in [0.1, 0.15) is 30.5 Å². The van der Waals surface area contributed by atoms with Gasteiger partial charge in [0.25, 0.3) is 0 Å². The van der Waals surface area contributed by atoms with Crippen LogP contribution < -0.4 is 9.47 Å². The summed E-state index contributed by atoms with van der Waals surface area (Å²) in [7, 11) is 1.64. The van der Waals surface area contributed by atoms with Gasteiger partial charge in [-0.2, -0.15) is 0 Å². The van der Waals surface area contributed by atoms with E-state index in [1.807, 2.05) is 54.6 Å². The van der Waals surface area contributed by atoms with E-state index in [4.69, 9.17) is 14.2 Å². The number of methoxy groups -OCH3 is 1. The minimum Gasteiger partial charge on any atom is -0.497 e. The Morgan fingerprint density at radius 1 is 0.742 bits per heavy atom. The maximum Gasteiger partial charge on any atom is 0.516 e. The second kappa shape index (κ2) is 9.80. The third-order valence-electron chi connectivity index (χ3n) is 5.09. The Kier molecular flexibility index (Phi) is 6.92. The van der Waals surface area contributed by atoms with Gasteiger partial charge in [0.2, 0.25) is 6.79 Å². The van der Waals surface area contributed by atoms with Crippen LogP contribution in [0.25, 0.3) is 0 Å². The van der Waals surface area contributed by atoms with Crippen molar-refractivity contribution in [3.8, 4) is 11.5 Å². The van der Waals surface area contributed by atoms with Gasteiger partial charge < -0.3 is 18.9 Å². The molecule has 0 spiro atoms. The molecule has 3 aromatic carbocycles. The van der Waals surface area contributed by atoms with E-state index in [9.17, 15) is 9.59 Å². The molecular formula is C25H24O6. The molecule has 0 fully saturated rings. The van der Waals surface area contributed by atoms with E-state index in [1.54, 1.807) is 19.2 Å². The molecule has 0 bridgehead atoms. The lowest BCUT2D eigenvalue weighted by molar-refractivity contribution is -0.149. The Labute approximate surface area is 181 Å². The van der Waals surface area contributed by atoms with Gasteiger partial charge in [0.05, 0.1) is 7.11 Å². The summed E-state index contributed by atoms with van der Waals surface area (Å²) >= 11 is 0. The van der Waals surface area contributed by atoms with Crippen molar-refractivity contribution in [2.45, 2.75) is 19.3 Å². The lowest BCUT2D eigenvalue weighted by atomic mass is 9.71. The third kappa shape index (κ3) is 5.22. The van der Waals surface area contributed by atoms with Crippen molar-refractivity contribution in [3.63, 3.8) is 0 Å². The van der Waals surface area contributed by atoms with Crippen molar-refractivity contribution in [1.29, 1.82) is 0 Å². The highest BCUT2D eigenvalue weighted by Crippen LogP contribution is 2.39. The molecule has 3 rings (SSSR count). The molecule has 6 heteroatoms. The molecule has 0 N–H and O–H groups in total. The predicted octanol–water partition coefficient (Wildman–Crippen LogP) is 5.09. The predicted molar refractivity (Wildman–Crippen MR) is 115 cm³/mol. The first-order valence-corrected chi connectivity index (χ1v) is 9.72. The number of benzene rings is 3. The van der Waals surface area contributed by atoms with Gasteiger partial charge in [0, 0.05) is 12.3 Å². The minimum absolute atomic E-state index is 0.321. The molecule has 160 valence electrons. The first kappa shape index (κ1) is 21.9. The molecule has 0 saturated heterocycles. The Bertz CT molecular complexity index is 1010. The van der Waals surface area contributed by atoms with Crippen LogP contribution in [0, 0.1) is 0 Å². The smallest absolute Gasteiger partial charge is 0.497 e. The molecule has 0 aliphatic rings. The van der Waals surface area contributed by atoms with Crippen LogP contribution in [0.4, 0.5) is 4.79 Å². The first-order chi connectivity index (χ1) is 14.9. The molecule has 0 radical (unpaired) electrons. The molecule has 6 nitrogen and oxygen atoms in total. The van der Waals surface area contributed by atoms with Gasteiger partial charge in [-0.15, -0.1) is 0 Å². The van der Waals surface area contributed by atoms with E-state index in [-0.39, 0.29) is 0 Å². The highest BCUT2D eigenvalue weighted by Gasteiger charge is 2.31. The number of ether oxygens (including phenoxy) is 4. The molecule has 0 aliphatic carbocycles. The number of carbonyl (C=O) groups excluding carboxylic acids is 2. The summed E-state index contributed by atoms with van der Waals surface area (Å²) in [4.78, 5) is 22.5. The summed E-state index contributed by atoms with van der Waals surface area (Å²) in [6.07, 6.45) is -0.949. The molecule has 0 aromatic heterocycles. The van der Waals surface area contributed by atoms with Gasteiger partial charge in [-0.1, -0.05) is 54.6 Å². The summed E-state index contributed by atoms with van der Waals surface area (Å²) in [5.41, 5.74) is 2.79. The molecule has 1 unspecified atom stereocenters. The Hall–Kier alpha value is -3.80. The SMILES string of the molecule is COc1ccc(C(C)(c2ccccc2)c2ccc(OC(=O)OCOC(C)=O)cc2)cc1. The summed E-state index contributed by atoms with van der Waals surface area (Å²) in [6, 6.07) is 25.4. The highest BCUT2D eigenvalue weighted by molar-refractivity contribution is 5.67. The van der Waals surface area contributed by atoms with Crippen LogP contribution >= 0.6 is 0 Å². The third-order valence-corrected chi connectivity index (χ3v) is 5.09. The normalized spacial score (nSPS) is 12.4. The molecule has 0 aliphatic heterocycles. The maximum absolute atomic E-state index is 11.7. The van der Waals surface area contributed by atoms with Crippen molar-refractivity contribution >= 4 is 12.1 Å². The molecule has 0 heterocycles. The Morgan fingerprint density at radius 3 is 1.77 bits per heavy atom. The van der Waals surface area contributed by atoms with Gasteiger partial charge in [0.15, 0.2) is 0 Å². The van der Waals surface area contributed by atoms with Crippen LogP contribution in [-0.4, -0.2) is 26.0 Å². The molecule has 0 saturated carbocycles. The second-order valence-electron chi connectivity index (χ2n) is 6.99. The fraction of sp³-hybridized carbons (Fsp3) is 0.200. The lowest BCUT2D eigenvalue weighted by Crippen LogP contribution is -2.25. The molecule has 3 aromatic rings. The van der Waals surface area contributed by atoms with Crippen molar-refractivity contribution in [1.82, 2.24) is 0 Å². The van der Waals surface area contributed by atoms with Gasteiger partial charge in [-0.05, 0) is 47.9 Å². The quantitative estimate of drug-likeness (QED) is 0.230. The minimum atomic E-state index is -0.949. The average Bonchev–Trinajstić information content (AvgIpc) is 2.79. The monoisotopic (exact) mass is 420 g/mol. The standard InChI is InChI=1S/C25H24O6/c1-18(26)29-17-30-24(27)31-23-15-11-21(12-16-23)25(2,19-7-5-4-6-8-19)20-9-13-22(28-3)14-10-20/h4-16H,17H2,1-3H3. The van der Waals surface area contributed by atoms with Gasteiger partial charge in [-0.3, -0.25) is 4.79 Å². The Balaban J connectivity index is 1.86. The fourth-order valence-electron chi connectivity index (χ4n) is 3.34. The number of rotatable bonds is 7. The Morgan fingerprint density at radius 2 is 1.26 bits per heavy atom. The number of carbonyl (C=O) groups is 2. The average molecular weight is 420 g/mol. The zero-order valence-electron chi connectivity index (χ0n) is 17.7. The zero-order valence-corrected chi connectivity index (χ0v) is 17.7. The zero-order chi connectivity index (χ0) is 22.3. The summed E-state index contributed by atoms with van der Waals surface area (Å²) in [5, 5.41) is 0. The lowest BCUT2D eigenvalue weighted by Gasteiger charge is -2.32. The van der Waals surface area contributed by atoms with Crippen LogP contribution in [0.2, 0.25) is 0 Å². The number of esters is 1. The van der Waals surface area contributed by atoms with Crippen molar-refractivity contribution in [3.05, 3.63) is 95.6 Å². The second-order valence-corrected chi connectivity index (χ2v) is 6.99. The molecule has 1 atom stereocenters. The van der Waals surface area contributed by atoms with E-state index < -0.39 is 24.3 Å². The van der Waals surface area contributed by atoms with E-state index in [2.05, 4.69) is 23.8 Å². The number of hydrogen-bond donors (Lipinski definition) is 0. The van der Waals surface area contributed by atoms with Gasteiger partial charge in [0.1, 0.15) is 11.5 Å². The largest absolute Gasteiger partial charge is 0.516 e. The van der Waals surface area contributed by atoms with Gasteiger partial charge >= 0.3 is 12.1 Å². The van der Waals surface area contributed by atoms with Crippen LogP contribution in [0.5, 0.6) is 11.5 Å². The highest BCUT2D eigenvalue weighted by atomic mass is 16.8. The summed E-state index contributed by atoms with van der Waals surface area (Å²) in [6.45, 7) is 2.88. The number of hydrogen-bond acceptors (Lipinski definition) is 6. The topological polar surface area (TPSA) is 71.1 Å².